The predicted molar refractivity (Wildman–Crippen MR) is 161 cm³/mol. The Labute approximate surface area is 247 Å². The fourth-order valence-electron chi connectivity index (χ4n) is 4.89. The molecule has 42 heavy (non-hydrogen) atoms. The summed E-state index contributed by atoms with van der Waals surface area (Å²) in [7, 11) is 4.80. The van der Waals surface area contributed by atoms with Crippen molar-refractivity contribution in [2.45, 2.75) is 0 Å². The third-order valence-corrected chi connectivity index (χ3v) is 12.1. The fraction of sp³-hybridized carbons (Fsp3) is 0.154. The highest BCUT2D eigenvalue weighted by molar-refractivity contribution is 7.38. The second kappa shape index (κ2) is 9.40. The van der Waals surface area contributed by atoms with Crippen LogP contribution >= 0.6 is 45.3 Å². The molecule has 12 nitrogen and oxygen atoms in total. The Hall–Kier alpha value is -4.74. The summed E-state index contributed by atoms with van der Waals surface area (Å²) in [4.78, 5) is 79.6. The van der Waals surface area contributed by atoms with Crippen LogP contribution in [-0.4, -0.2) is 35.3 Å². The highest BCUT2D eigenvalue weighted by Gasteiger charge is 2.29. The first-order chi connectivity index (χ1) is 20.0. The van der Waals surface area contributed by atoms with E-state index in [2.05, 4.69) is 0 Å². The smallest absolute Gasteiger partial charge is 0.350 e. The highest BCUT2D eigenvalue weighted by Crippen LogP contribution is 2.44. The van der Waals surface area contributed by atoms with E-state index in [1.807, 2.05) is 12.1 Å². The highest BCUT2D eigenvalue weighted by atomic mass is 32.2. The number of aromatic nitrogens is 2. The molecule has 0 radical (unpaired) electrons. The van der Waals surface area contributed by atoms with Crippen molar-refractivity contribution in [3.8, 4) is 12.1 Å². The third-order valence-electron chi connectivity index (χ3n) is 6.83. The Bertz CT molecular complexity index is 2400. The van der Waals surface area contributed by atoms with Gasteiger partial charge in [-0.2, -0.15) is 10.5 Å². The SMILES string of the molecule is COC(=O)C(C#N)=c1sc2c(s1)c1c(=O)n(C)c(=O)c3c4sc(=C(C#N)C(=O)OC)sc4c4c(=O)n(C)c(=O)c2c4c13. The number of esters is 2. The Morgan fingerprint density at radius 3 is 1.05 bits per heavy atom. The van der Waals surface area contributed by atoms with Gasteiger partial charge in [-0.3, -0.25) is 28.3 Å². The molecule has 2 aromatic carbocycles. The van der Waals surface area contributed by atoms with Crippen LogP contribution in [0.2, 0.25) is 0 Å². The molecule has 16 heteroatoms. The minimum atomic E-state index is -0.907. The standard InChI is InChI=1S/C26H12N4O8S4/c1-29-19(31)11-9-10-13(17-15(11)39-25(41-17)7(5-27)23(35)37-3)21(33)30(2)22(34)14(10)18-16(12(9)20(29)32)40-26(42-18)8(6-28)24(36)38-4/h1-4H3. The number of hydrogen-bond donors (Lipinski definition) is 0. The van der Waals surface area contributed by atoms with Gasteiger partial charge in [-0.1, -0.05) is 0 Å². The zero-order valence-corrected chi connectivity index (χ0v) is 25.0. The molecule has 0 aliphatic carbocycles. The Morgan fingerprint density at radius 2 is 0.833 bits per heavy atom. The van der Waals surface area contributed by atoms with Gasteiger partial charge in [-0.25, -0.2) is 9.59 Å². The molecule has 0 saturated heterocycles. The molecule has 0 amide bonds. The van der Waals surface area contributed by atoms with Crippen molar-refractivity contribution in [3.05, 3.63) is 49.1 Å². The predicted octanol–water partition coefficient (Wildman–Crippen LogP) is 0.949. The van der Waals surface area contributed by atoms with Crippen molar-refractivity contribution >= 4 is 120 Å². The Kier molecular flexibility index (Phi) is 6.14. The number of pyridine rings is 2. The molecular formula is C26H12N4O8S4. The second-order valence-corrected chi connectivity index (χ2v) is 13.4. The van der Waals surface area contributed by atoms with E-state index < -0.39 is 34.2 Å². The molecule has 208 valence electrons. The molecule has 0 saturated carbocycles. The maximum Gasteiger partial charge on any atom is 0.350 e. The van der Waals surface area contributed by atoms with Gasteiger partial charge in [0.25, 0.3) is 22.2 Å². The van der Waals surface area contributed by atoms with E-state index in [0.29, 0.717) is 0 Å². The molecule has 0 fully saturated rings. The van der Waals surface area contributed by atoms with Crippen LogP contribution in [0.3, 0.4) is 0 Å². The molecule has 0 unspecified atom stereocenters. The lowest BCUT2D eigenvalue weighted by Gasteiger charge is -2.13. The summed E-state index contributed by atoms with van der Waals surface area (Å²) in [5, 5.41) is 19.7. The molecule has 0 N–H and O–H groups in total. The summed E-state index contributed by atoms with van der Waals surface area (Å²) < 4.78 is 12.6. The fourth-order valence-corrected chi connectivity index (χ4v) is 10.3. The maximum atomic E-state index is 13.7. The maximum absolute atomic E-state index is 13.7. The molecule has 4 heterocycles. The van der Waals surface area contributed by atoms with Crippen LogP contribution in [0.4, 0.5) is 0 Å². The lowest BCUT2D eigenvalue weighted by atomic mass is 9.96. The van der Waals surface area contributed by atoms with Gasteiger partial charge in [0.15, 0.2) is 11.1 Å². The molecule has 6 rings (SSSR count). The van der Waals surface area contributed by atoms with Crippen molar-refractivity contribution in [2.24, 2.45) is 14.1 Å². The van der Waals surface area contributed by atoms with E-state index in [0.717, 1.165) is 68.7 Å². The number of carbonyl (C=O) groups excluding carboxylic acids is 2. The van der Waals surface area contributed by atoms with Gasteiger partial charge >= 0.3 is 11.9 Å². The number of nitrogens with zero attached hydrogens (tertiary/aromatic N) is 4. The first-order valence-electron chi connectivity index (χ1n) is 11.6. The van der Waals surface area contributed by atoms with E-state index in [1.165, 1.54) is 14.1 Å². The summed E-state index contributed by atoms with van der Waals surface area (Å²) in [6.07, 6.45) is 0. The Balaban J connectivity index is 2.11. The van der Waals surface area contributed by atoms with Crippen molar-refractivity contribution in [1.82, 2.24) is 9.13 Å². The second-order valence-electron chi connectivity index (χ2n) is 8.85. The largest absolute Gasteiger partial charge is 0.465 e. The van der Waals surface area contributed by atoms with Crippen LogP contribution in [0.1, 0.15) is 0 Å². The van der Waals surface area contributed by atoms with Gasteiger partial charge in [0, 0.05) is 24.9 Å². The number of rotatable bonds is 2. The molecule has 0 bridgehead atoms. The number of methoxy groups -OCH3 is 2. The van der Waals surface area contributed by atoms with E-state index in [4.69, 9.17) is 9.47 Å². The summed E-state index contributed by atoms with van der Waals surface area (Å²) in [6.45, 7) is 0. The van der Waals surface area contributed by atoms with Crippen molar-refractivity contribution in [2.75, 3.05) is 14.2 Å². The van der Waals surface area contributed by atoms with Crippen LogP contribution in [0.5, 0.6) is 0 Å². The molecule has 0 spiro atoms. The van der Waals surface area contributed by atoms with E-state index >= 15 is 0 Å². The third kappa shape index (κ3) is 3.34. The first-order valence-corrected chi connectivity index (χ1v) is 14.8. The van der Waals surface area contributed by atoms with Crippen LogP contribution < -0.4 is 29.9 Å². The lowest BCUT2D eigenvalue weighted by Crippen LogP contribution is -2.33. The molecule has 0 atom stereocenters. The van der Waals surface area contributed by atoms with E-state index in [-0.39, 0.29) is 70.0 Å². The zero-order valence-electron chi connectivity index (χ0n) is 21.7. The minimum Gasteiger partial charge on any atom is -0.465 e. The molecule has 6 aromatic rings. The van der Waals surface area contributed by atoms with Crippen LogP contribution in [0.25, 0.3) is 62.3 Å². The Morgan fingerprint density at radius 1 is 0.571 bits per heavy atom. The molecule has 4 aromatic heterocycles. The normalized spacial score (nSPS) is 11.4. The van der Waals surface area contributed by atoms with Gasteiger partial charge in [0.05, 0.1) is 54.6 Å². The summed E-state index contributed by atoms with van der Waals surface area (Å²) in [6, 6.07) is 3.62. The van der Waals surface area contributed by atoms with Crippen LogP contribution in [-0.2, 0) is 33.2 Å². The van der Waals surface area contributed by atoms with Gasteiger partial charge in [-0.15, -0.1) is 45.3 Å². The quantitative estimate of drug-likeness (QED) is 0.196. The first kappa shape index (κ1) is 27.4. The summed E-state index contributed by atoms with van der Waals surface area (Å²) in [5.41, 5.74) is -3.48. The average molecular weight is 637 g/mol. The zero-order chi connectivity index (χ0) is 30.4. The van der Waals surface area contributed by atoms with Gasteiger partial charge in [-0.05, 0) is 0 Å². The van der Waals surface area contributed by atoms with Crippen molar-refractivity contribution in [3.63, 3.8) is 0 Å². The lowest BCUT2D eigenvalue weighted by molar-refractivity contribution is -0.134. The van der Waals surface area contributed by atoms with Gasteiger partial charge < -0.3 is 9.47 Å². The number of fused-ring (bicyclic) bond motifs is 6. The topological polar surface area (TPSA) is 178 Å². The van der Waals surface area contributed by atoms with Crippen molar-refractivity contribution in [1.29, 1.82) is 10.5 Å². The summed E-state index contributed by atoms with van der Waals surface area (Å²) >= 11 is 3.68. The van der Waals surface area contributed by atoms with E-state index in [9.17, 15) is 39.3 Å². The average Bonchev–Trinajstić information content (AvgIpc) is 3.61. The number of hydrogen-bond acceptors (Lipinski definition) is 14. The number of carbonyl (C=O) groups is 2. The number of ether oxygens (including phenoxy) is 2. The molecule has 0 aliphatic heterocycles. The van der Waals surface area contributed by atoms with Crippen LogP contribution in [0, 0.1) is 22.7 Å². The monoisotopic (exact) mass is 636 g/mol. The van der Waals surface area contributed by atoms with E-state index in [1.54, 1.807) is 0 Å². The van der Waals surface area contributed by atoms with Gasteiger partial charge in [0.1, 0.15) is 19.8 Å². The number of nitriles is 2. The molecule has 0 aliphatic rings. The number of benzene rings is 2. The minimum absolute atomic E-state index is 0.0289. The molecular weight excluding hydrogens is 625 g/mol. The van der Waals surface area contributed by atoms with Crippen molar-refractivity contribution < 1.29 is 19.1 Å². The van der Waals surface area contributed by atoms with Crippen LogP contribution in [0.15, 0.2) is 19.2 Å². The summed E-state index contributed by atoms with van der Waals surface area (Å²) in [5.74, 6) is -1.81. The van der Waals surface area contributed by atoms with Gasteiger partial charge in [0.2, 0.25) is 0 Å².